The molecule has 0 radical (unpaired) electrons. The van der Waals surface area contributed by atoms with Crippen molar-refractivity contribution in [2.75, 3.05) is 10.7 Å². The van der Waals surface area contributed by atoms with Crippen LogP contribution in [0.25, 0.3) is 0 Å². The van der Waals surface area contributed by atoms with Crippen LogP contribution in [0.1, 0.15) is 18.1 Å². The lowest BCUT2D eigenvalue weighted by atomic mass is 10.1. The second-order valence-electron chi connectivity index (χ2n) is 4.90. The molecule has 1 aliphatic heterocycles. The van der Waals surface area contributed by atoms with Gasteiger partial charge in [0.1, 0.15) is 0 Å². The van der Waals surface area contributed by atoms with Gasteiger partial charge in [-0.15, -0.1) is 0 Å². The predicted octanol–water partition coefficient (Wildman–Crippen LogP) is 1.97. The van der Waals surface area contributed by atoms with E-state index in [-0.39, 0.29) is 11.7 Å². The minimum Gasteiger partial charge on any atom is -0.304 e. The number of hydrogen-bond acceptors (Lipinski definition) is 3. The molecule has 1 atom stereocenters. The minimum absolute atomic E-state index is 0.0418. The highest BCUT2D eigenvalue weighted by Gasteiger charge is 2.30. The van der Waals surface area contributed by atoms with Gasteiger partial charge in [-0.2, -0.15) is 0 Å². The zero-order chi connectivity index (χ0) is 14.2. The summed E-state index contributed by atoms with van der Waals surface area (Å²) in [6.45, 7) is 5.36. The fourth-order valence-corrected chi connectivity index (χ4v) is 3.65. The summed E-state index contributed by atoms with van der Waals surface area (Å²) in [7, 11) is -3.18. The fraction of sp³-hybridized carbons (Fsp3) is 0.357. The topological polar surface area (TPSA) is 54.5 Å². The number of sulfone groups is 1. The van der Waals surface area contributed by atoms with Crippen LogP contribution in [0.3, 0.4) is 0 Å². The molecule has 1 aromatic carbocycles. The van der Waals surface area contributed by atoms with Crippen LogP contribution < -0.4 is 4.90 Å². The maximum Gasteiger partial charge on any atom is 0.224 e. The van der Waals surface area contributed by atoms with Crippen LogP contribution >= 0.6 is 0 Å². The van der Waals surface area contributed by atoms with Crippen LogP contribution in [0.2, 0.25) is 0 Å². The van der Waals surface area contributed by atoms with Gasteiger partial charge in [0, 0.05) is 18.0 Å². The molecule has 0 bridgehead atoms. The number of carbonyl (C=O) groups is 1. The third-order valence-electron chi connectivity index (χ3n) is 3.19. The van der Waals surface area contributed by atoms with E-state index in [2.05, 4.69) is 0 Å². The number of rotatable bonds is 2. The second kappa shape index (κ2) is 4.81. The van der Waals surface area contributed by atoms with Crippen LogP contribution in [-0.4, -0.2) is 26.1 Å². The molecule has 0 fully saturated rings. The third-order valence-corrected chi connectivity index (χ3v) is 4.57. The smallest absolute Gasteiger partial charge is 0.224 e. The number of nitrogens with zero attached hydrogens (tertiary/aromatic N) is 1. The Morgan fingerprint density at radius 2 is 2.00 bits per heavy atom. The zero-order valence-corrected chi connectivity index (χ0v) is 12.1. The van der Waals surface area contributed by atoms with Gasteiger partial charge in [0.05, 0.1) is 11.8 Å². The van der Waals surface area contributed by atoms with Gasteiger partial charge in [-0.3, -0.25) is 4.79 Å². The van der Waals surface area contributed by atoms with Crippen molar-refractivity contribution in [1.82, 2.24) is 0 Å². The Kier molecular flexibility index (Phi) is 3.49. The Hall–Kier alpha value is -1.62. The summed E-state index contributed by atoms with van der Waals surface area (Å²) < 4.78 is 23.0. The van der Waals surface area contributed by atoms with Gasteiger partial charge < -0.3 is 4.90 Å². The van der Waals surface area contributed by atoms with Crippen molar-refractivity contribution in [2.24, 2.45) is 0 Å². The summed E-state index contributed by atoms with van der Waals surface area (Å²) >= 11 is 0. The second-order valence-corrected chi connectivity index (χ2v) is 6.84. The van der Waals surface area contributed by atoms with Crippen molar-refractivity contribution in [3.8, 4) is 0 Å². The molecular formula is C14H17NO3S. The lowest BCUT2D eigenvalue weighted by Gasteiger charge is -2.28. The van der Waals surface area contributed by atoms with Crippen LogP contribution in [0, 0.1) is 13.8 Å². The van der Waals surface area contributed by atoms with Crippen LogP contribution in [-0.2, 0) is 14.6 Å². The molecule has 0 spiro atoms. The summed E-state index contributed by atoms with van der Waals surface area (Å²) in [5, 5.41) is 1.19. The minimum atomic E-state index is -3.18. The van der Waals surface area contributed by atoms with Crippen LogP contribution in [0.4, 0.5) is 5.69 Å². The van der Waals surface area contributed by atoms with Crippen molar-refractivity contribution < 1.29 is 13.2 Å². The average Bonchev–Trinajstić information content (AvgIpc) is 2.62. The fourth-order valence-electron chi connectivity index (χ4n) is 2.38. The first kappa shape index (κ1) is 13.8. The SMILES string of the molecule is CC(=O)N(c1ccc(C)cc1C)[C@@H]1C=CS(=O)(=O)C1. The molecule has 5 heteroatoms. The van der Waals surface area contributed by atoms with Crippen LogP contribution in [0.15, 0.2) is 29.7 Å². The summed E-state index contributed by atoms with van der Waals surface area (Å²) in [6.07, 6.45) is 1.58. The highest BCUT2D eigenvalue weighted by molar-refractivity contribution is 7.94. The number of benzene rings is 1. The van der Waals surface area contributed by atoms with E-state index in [0.717, 1.165) is 16.8 Å². The van der Waals surface area contributed by atoms with Crippen molar-refractivity contribution in [3.63, 3.8) is 0 Å². The maximum atomic E-state index is 11.9. The Morgan fingerprint density at radius 3 is 2.47 bits per heavy atom. The van der Waals surface area contributed by atoms with Crippen molar-refractivity contribution in [3.05, 3.63) is 40.8 Å². The number of amides is 1. The Morgan fingerprint density at radius 1 is 1.32 bits per heavy atom. The number of anilines is 1. The summed E-state index contributed by atoms with van der Waals surface area (Å²) in [4.78, 5) is 13.4. The summed E-state index contributed by atoms with van der Waals surface area (Å²) in [5.41, 5.74) is 2.84. The highest BCUT2D eigenvalue weighted by Crippen LogP contribution is 2.26. The molecule has 0 N–H and O–H groups in total. The molecule has 19 heavy (non-hydrogen) atoms. The van der Waals surface area contributed by atoms with Gasteiger partial charge in [0.2, 0.25) is 5.91 Å². The van der Waals surface area contributed by atoms with E-state index in [4.69, 9.17) is 0 Å². The molecule has 1 aromatic rings. The van der Waals surface area contributed by atoms with E-state index >= 15 is 0 Å². The van der Waals surface area contributed by atoms with Gasteiger partial charge in [-0.1, -0.05) is 17.7 Å². The third kappa shape index (κ3) is 2.87. The molecule has 2 rings (SSSR count). The van der Waals surface area contributed by atoms with Crippen molar-refractivity contribution >= 4 is 21.4 Å². The van der Waals surface area contributed by atoms with E-state index in [0.29, 0.717) is 0 Å². The Bertz CT molecular complexity index is 647. The van der Waals surface area contributed by atoms with Gasteiger partial charge >= 0.3 is 0 Å². The first-order valence-electron chi connectivity index (χ1n) is 6.08. The lowest BCUT2D eigenvalue weighted by Crippen LogP contribution is -2.40. The van der Waals surface area contributed by atoms with Gasteiger partial charge in [0.15, 0.2) is 9.84 Å². The van der Waals surface area contributed by atoms with Gasteiger partial charge in [0.25, 0.3) is 0 Å². The summed E-state index contributed by atoms with van der Waals surface area (Å²) in [6, 6.07) is 5.36. The van der Waals surface area contributed by atoms with Gasteiger partial charge in [-0.25, -0.2) is 8.42 Å². The van der Waals surface area contributed by atoms with E-state index < -0.39 is 15.9 Å². The quantitative estimate of drug-likeness (QED) is 0.831. The first-order chi connectivity index (χ1) is 8.80. The summed E-state index contributed by atoms with van der Waals surface area (Å²) in [5.74, 6) is -0.196. The van der Waals surface area contributed by atoms with E-state index in [1.807, 2.05) is 32.0 Å². The van der Waals surface area contributed by atoms with Crippen molar-refractivity contribution in [1.29, 1.82) is 0 Å². The zero-order valence-electron chi connectivity index (χ0n) is 11.3. The van der Waals surface area contributed by atoms with E-state index in [1.54, 1.807) is 11.0 Å². The molecule has 0 saturated heterocycles. The average molecular weight is 279 g/mol. The molecule has 102 valence electrons. The molecule has 1 amide bonds. The molecule has 1 heterocycles. The number of aryl methyl sites for hydroxylation is 2. The molecule has 1 aliphatic rings. The normalized spacial score (nSPS) is 20.5. The molecule has 4 nitrogen and oxygen atoms in total. The predicted molar refractivity (Wildman–Crippen MR) is 75.8 cm³/mol. The number of hydrogen-bond donors (Lipinski definition) is 0. The molecule has 0 aliphatic carbocycles. The maximum absolute atomic E-state index is 11.9. The van der Waals surface area contributed by atoms with E-state index in [1.165, 1.54) is 12.3 Å². The largest absolute Gasteiger partial charge is 0.304 e. The van der Waals surface area contributed by atoms with Gasteiger partial charge in [-0.05, 0) is 31.6 Å². The molecule has 0 unspecified atom stereocenters. The molecule has 0 aromatic heterocycles. The molecular weight excluding hydrogens is 262 g/mol. The first-order valence-corrected chi connectivity index (χ1v) is 7.80. The monoisotopic (exact) mass is 279 g/mol. The number of carbonyl (C=O) groups excluding carboxylic acids is 1. The lowest BCUT2D eigenvalue weighted by molar-refractivity contribution is -0.116. The van der Waals surface area contributed by atoms with E-state index in [9.17, 15) is 13.2 Å². The molecule has 0 saturated carbocycles. The Labute approximate surface area is 113 Å². The Balaban J connectivity index is 2.42. The highest BCUT2D eigenvalue weighted by atomic mass is 32.2. The standard InChI is InChI=1S/C14H17NO3S/c1-10-4-5-14(11(2)8-10)15(12(3)16)13-6-7-19(17,18)9-13/h4-8,13H,9H2,1-3H3/t13-/m1/s1. The van der Waals surface area contributed by atoms with Crippen LogP contribution in [0.5, 0.6) is 0 Å². The van der Waals surface area contributed by atoms with Crippen molar-refractivity contribution in [2.45, 2.75) is 26.8 Å².